The van der Waals surface area contributed by atoms with E-state index in [4.69, 9.17) is 9.47 Å². The van der Waals surface area contributed by atoms with Gasteiger partial charge in [-0.05, 0) is 30.5 Å². The lowest BCUT2D eigenvalue weighted by Crippen LogP contribution is -2.36. The zero-order chi connectivity index (χ0) is 16.2. The van der Waals surface area contributed by atoms with Crippen LogP contribution in [-0.2, 0) is 4.79 Å². The summed E-state index contributed by atoms with van der Waals surface area (Å²) >= 11 is 1.83. The molecule has 0 radical (unpaired) electrons. The van der Waals surface area contributed by atoms with Crippen LogP contribution in [0.1, 0.15) is 43.0 Å². The lowest BCUT2D eigenvalue weighted by atomic mass is 9.88. The van der Waals surface area contributed by atoms with Crippen LogP contribution in [-0.4, -0.2) is 37.3 Å². The Bertz CT molecular complexity index is 535. The molecule has 23 heavy (non-hydrogen) atoms. The lowest BCUT2D eigenvalue weighted by molar-refractivity contribution is -0.136. The molecule has 1 amide bonds. The highest BCUT2D eigenvalue weighted by atomic mass is 32.2. The van der Waals surface area contributed by atoms with Crippen molar-refractivity contribution in [3.63, 3.8) is 0 Å². The van der Waals surface area contributed by atoms with Gasteiger partial charge in [0.25, 0.3) is 0 Å². The smallest absolute Gasteiger partial charge is 0.226 e. The number of hydrogen-bond donors (Lipinski definition) is 0. The molecule has 1 aromatic carbocycles. The molecule has 0 aromatic heterocycles. The van der Waals surface area contributed by atoms with Gasteiger partial charge < -0.3 is 14.4 Å². The third-order valence-electron chi connectivity index (χ3n) is 4.79. The van der Waals surface area contributed by atoms with E-state index >= 15 is 0 Å². The average molecular weight is 335 g/mol. The maximum atomic E-state index is 12.9. The van der Waals surface area contributed by atoms with Gasteiger partial charge in [-0.15, -0.1) is 11.8 Å². The number of hydrogen-bond acceptors (Lipinski definition) is 4. The van der Waals surface area contributed by atoms with Crippen molar-refractivity contribution >= 4 is 17.7 Å². The molecule has 0 spiro atoms. The second-order valence-corrected chi connectivity index (χ2v) is 7.42. The van der Waals surface area contributed by atoms with Crippen LogP contribution in [0, 0.1) is 5.92 Å². The van der Waals surface area contributed by atoms with Gasteiger partial charge in [-0.25, -0.2) is 0 Å². The predicted octanol–water partition coefficient (Wildman–Crippen LogP) is 3.86. The molecule has 2 fully saturated rings. The molecule has 1 atom stereocenters. The second-order valence-electron chi connectivity index (χ2n) is 6.24. The normalized spacial score (nSPS) is 22.2. The maximum Gasteiger partial charge on any atom is 0.226 e. The standard InChI is InChI=1S/C18H25NO3S/c1-21-15-10-14(11-16(12-15)22-2)18-19(8-9-23-18)17(20)13-6-4-3-5-7-13/h10-13,18H,3-9H2,1-2H3. The Morgan fingerprint density at radius 2 is 1.74 bits per heavy atom. The summed E-state index contributed by atoms with van der Waals surface area (Å²) in [5.74, 6) is 3.09. The average Bonchev–Trinajstić information content (AvgIpc) is 3.11. The molecular weight excluding hydrogens is 310 g/mol. The Morgan fingerprint density at radius 3 is 2.35 bits per heavy atom. The van der Waals surface area contributed by atoms with E-state index in [9.17, 15) is 4.79 Å². The van der Waals surface area contributed by atoms with E-state index in [-0.39, 0.29) is 11.3 Å². The summed E-state index contributed by atoms with van der Waals surface area (Å²) in [6.45, 7) is 0.837. The van der Waals surface area contributed by atoms with Crippen molar-refractivity contribution in [1.29, 1.82) is 0 Å². The molecule has 1 saturated heterocycles. The minimum absolute atomic E-state index is 0.0772. The van der Waals surface area contributed by atoms with Crippen LogP contribution in [0.25, 0.3) is 0 Å². The lowest BCUT2D eigenvalue weighted by Gasteiger charge is -2.30. The number of ether oxygens (including phenoxy) is 2. The molecule has 2 aliphatic rings. The third kappa shape index (κ3) is 3.60. The first-order valence-electron chi connectivity index (χ1n) is 8.38. The van der Waals surface area contributed by atoms with Crippen LogP contribution >= 0.6 is 11.8 Å². The monoisotopic (exact) mass is 335 g/mol. The van der Waals surface area contributed by atoms with E-state index in [1.807, 2.05) is 30.0 Å². The van der Waals surface area contributed by atoms with Gasteiger partial charge in [0.2, 0.25) is 5.91 Å². The van der Waals surface area contributed by atoms with Gasteiger partial charge in [0, 0.05) is 24.3 Å². The van der Waals surface area contributed by atoms with Gasteiger partial charge in [0.05, 0.1) is 14.2 Å². The minimum atomic E-state index is 0.0772. The van der Waals surface area contributed by atoms with E-state index in [1.165, 1.54) is 19.3 Å². The van der Waals surface area contributed by atoms with Gasteiger partial charge in [-0.2, -0.15) is 0 Å². The fraction of sp³-hybridized carbons (Fsp3) is 0.611. The summed E-state index contributed by atoms with van der Waals surface area (Å²) < 4.78 is 10.8. The molecule has 1 heterocycles. The van der Waals surface area contributed by atoms with Crippen molar-refractivity contribution in [2.45, 2.75) is 37.5 Å². The first kappa shape index (κ1) is 16.5. The van der Waals surface area contributed by atoms with E-state index in [1.54, 1.807) is 14.2 Å². The number of methoxy groups -OCH3 is 2. The molecule has 1 unspecified atom stereocenters. The quantitative estimate of drug-likeness (QED) is 0.837. The van der Waals surface area contributed by atoms with Gasteiger partial charge in [-0.1, -0.05) is 19.3 Å². The first-order valence-corrected chi connectivity index (χ1v) is 9.43. The summed E-state index contributed by atoms with van der Waals surface area (Å²) in [6.07, 6.45) is 5.75. The molecule has 0 bridgehead atoms. The molecule has 1 aromatic rings. The molecule has 5 heteroatoms. The van der Waals surface area contributed by atoms with Gasteiger partial charge in [-0.3, -0.25) is 4.79 Å². The fourth-order valence-electron chi connectivity index (χ4n) is 3.53. The summed E-state index contributed by atoms with van der Waals surface area (Å²) in [7, 11) is 3.32. The van der Waals surface area contributed by atoms with Crippen molar-refractivity contribution in [3.8, 4) is 11.5 Å². The van der Waals surface area contributed by atoms with Crippen LogP contribution in [0.3, 0.4) is 0 Å². The minimum Gasteiger partial charge on any atom is -0.497 e. The molecule has 4 nitrogen and oxygen atoms in total. The SMILES string of the molecule is COc1cc(OC)cc(C2SCCN2C(=O)C2CCCCC2)c1. The van der Waals surface area contributed by atoms with Crippen molar-refractivity contribution in [2.75, 3.05) is 26.5 Å². The molecule has 0 N–H and O–H groups in total. The van der Waals surface area contributed by atoms with E-state index < -0.39 is 0 Å². The highest BCUT2D eigenvalue weighted by molar-refractivity contribution is 7.99. The van der Waals surface area contributed by atoms with Crippen LogP contribution < -0.4 is 9.47 Å². The summed E-state index contributed by atoms with van der Waals surface area (Å²) in [5, 5.41) is 0.0772. The highest BCUT2D eigenvalue weighted by Gasteiger charge is 2.35. The number of rotatable bonds is 4. The summed E-state index contributed by atoms with van der Waals surface area (Å²) in [6, 6.07) is 5.91. The number of thioether (sulfide) groups is 1. The molecular formula is C18H25NO3S. The Kier molecular flexibility index (Phi) is 5.36. The number of nitrogens with zero attached hydrogens (tertiary/aromatic N) is 1. The van der Waals surface area contributed by atoms with Crippen LogP contribution in [0.4, 0.5) is 0 Å². The number of benzene rings is 1. The van der Waals surface area contributed by atoms with Gasteiger partial charge >= 0.3 is 0 Å². The van der Waals surface area contributed by atoms with E-state index in [0.29, 0.717) is 5.91 Å². The first-order chi connectivity index (χ1) is 11.2. The zero-order valence-corrected chi connectivity index (χ0v) is 14.7. The number of carbonyl (C=O) groups excluding carboxylic acids is 1. The Morgan fingerprint density at radius 1 is 1.09 bits per heavy atom. The van der Waals surface area contributed by atoms with E-state index in [2.05, 4.69) is 4.90 Å². The third-order valence-corrected chi connectivity index (χ3v) is 6.05. The Balaban J connectivity index is 1.82. The molecule has 1 aliphatic carbocycles. The fourth-order valence-corrected chi connectivity index (χ4v) is 4.77. The largest absolute Gasteiger partial charge is 0.497 e. The maximum absolute atomic E-state index is 12.9. The second kappa shape index (κ2) is 7.47. The zero-order valence-electron chi connectivity index (χ0n) is 13.9. The van der Waals surface area contributed by atoms with Crippen molar-refractivity contribution in [1.82, 2.24) is 4.90 Å². The predicted molar refractivity (Wildman–Crippen MR) is 93.0 cm³/mol. The number of carbonyl (C=O) groups is 1. The van der Waals surface area contributed by atoms with Gasteiger partial charge in [0.15, 0.2) is 0 Å². The molecule has 1 saturated carbocycles. The molecule has 1 aliphatic heterocycles. The molecule has 3 rings (SSSR count). The number of amides is 1. The molecule has 126 valence electrons. The van der Waals surface area contributed by atoms with Crippen LogP contribution in [0.2, 0.25) is 0 Å². The van der Waals surface area contributed by atoms with Crippen molar-refractivity contribution in [3.05, 3.63) is 23.8 Å². The van der Waals surface area contributed by atoms with Crippen molar-refractivity contribution < 1.29 is 14.3 Å². The Hall–Kier alpha value is -1.36. The van der Waals surface area contributed by atoms with Crippen LogP contribution in [0.5, 0.6) is 11.5 Å². The van der Waals surface area contributed by atoms with Crippen LogP contribution in [0.15, 0.2) is 18.2 Å². The van der Waals surface area contributed by atoms with Crippen molar-refractivity contribution in [2.24, 2.45) is 5.92 Å². The Labute approximate surface area is 142 Å². The summed E-state index contributed by atoms with van der Waals surface area (Å²) in [5.41, 5.74) is 1.09. The topological polar surface area (TPSA) is 38.8 Å². The summed E-state index contributed by atoms with van der Waals surface area (Å²) in [4.78, 5) is 15.0. The van der Waals surface area contributed by atoms with E-state index in [0.717, 1.165) is 42.2 Å². The van der Waals surface area contributed by atoms with Gasteiger partial charge in [0.1, 0.15) is 16.9 Å². The highest BCUT2D eigenvalue weighted by Crippen LogP contribution is 2.42.